The van der Waals surface area contributed by atoms with E-state index in [1.807, 2.05) is 25.2 Å². The lowest BCUT2D eigenvalue weighted by molar-refractivity contribution is -0.138. The van der Waals surface area contributed by atoms with Crippen LogP contribution in [0.5, 0.6) is 0 Å². The number of hydrogen-bond donors (Lipinski definition) is 1. The smallest absolute Gasteiger partial charge is 0.228 e. The Labute approximate surface area is 153 Å². The molecule has 1 saturated carbocycles. The molecule has 0 aliphatic heterocycles. The Hall–Kier alpha value is -2.25. The average Bonchev–Trinajstić information content (AvgIpc) is 3.21. The lowest BCUT2D eigenvalue weighted by atomic mass is 10.0. The van der Waals surface area contributed by atoms with E-state index < -0.39 is 6.10 Å². The first-order valence-electron chi connectivity index (χ1n) is 8.92. The lowest BCUT2D eigenvalue weighted by Crippen LogP contribution is -2.43. The van der Waals surface area contributed by atoms with Crippen LogP contribution in [0, 0.1) is 12.8 Å². The van der Waals surface area contributed by atoms with Crippen molar-refractivity contribution in [2.24, 2.45) is 5.92 Å². The molecule has 3 atom stereocenters. The van der Waals surface area contributed by atoms with Crippen molar-refractivity contribution in [3.8, 4) is 0 Å². The zero-order valence-electron chi connectivity index (χ0n) is 15.5. The summed E-state index contributed by atoms with van der Waals surface area (Å²) in [5.41, 5.74) is 2.52. The fourth-order valence-electron chi connectivity index (χ4n) is 3.68. The highest BCUT2D eigenvalue weighted by Crippen LogP contribution is 2.31. The fourth-order valence-corrected chi connectivity index (χ4v) is 3.68. The zero-order valence-corrected chi connectivity index (χ0v) is 15.5. The van der Waals surface area contributed by atoms with Crippen molar-refractivity contribution in [1.29, 1.82) is 0 Å². The minimum absolute atomic E-state index is 0.0204. The van der Waals surface area contributed by atoms with Crippen LogP contribution >= 0.6 is 0 Å². The Kier molecular flexibility index (Phi) is 5.68. The van der Waals surface area contributed by atoms with Crippen molar-refractivity contribution in [3.05, 3.63) is 47.3 Å². The van der Waals surface area contributed by atoms with Gasteiger partial charge in [0.2, 0.25) is 5.91 Å². The molecule has 0 radical (unpaired) electrons. The van der Waals surface area contributed by atoms with Crippen molar-refractivity contribution in [3.63, 3.8) is 0 Å². The molecule has 0 spiro atoms. The molecular weight excluding hydrogens is 332 g/mol. The van der Waals surface area contributed by atoms with Crippen LogP contribution in [0.15, 0.2) is 35.0 Å². The van der Waals surface area contributed by atoms with Gasteiger partial charge in [0.15, 0.2) is 0 Å². The molecule has 0 bridgehead atoms. The summed E-state index contributed by atoms with van der Waals surface area (Å²) in [5, 5.41) is 18.3. The van der Waals surface area contributed by atoms with Crippen molar-refractivity contribution in [1.82, 2.24) is 20.1 Å². The topological polar surface area (TPSA) is 82.7 Å². The maximum absolute atomic E-state index is 12.8. The minimum Gasteiger partial charge on any atom is -0.391 e. The summed E-state index contributed by atoms with van der Waals surface area (Å²) >= 11 is 0. The molecule has 2 aromatic rings. The molecule has 0 unspecified atom stereocenters. The van der Waals surface area contributed by atoms with Gasteiger partial charge in [0.1, 0.15) is 11.4 Å². The van der Waals surface area contributed by atoms with Gasteiger partial charge in [0, 0.05) is 19.6 Å². The Morgan fingerprint density at radius 2 is 1.92 bits per heavy atom. The van der Waals surface area contributed by atoms with Crippen LogP contribution in [0.2, 0.25) is 0 Å². The third-order valence-electron chi connectivity index (χ3n) is 5.25. The first-order chi connectivity index (χ1) is 12.5. The summed E-state index contributed by atoms with van der Waals surface area (Å²) in [4.78, 5) is 16.5. The van der Waals surface area contributed by atoms with E-state index in [1.54, 1.807) is 18.9 Å². The summed E-state index contributed by atoms with van der Waals surface area (Å²) in [6.07, 6.45) is 0.818. The second-order valence-electron chi connectivity index (χ2n) is 7.13. The first-order valence-corrected chi connectivity index (χ1v) is 8.92. The van der Waals surface area contributed by atoms with Crippen LogP contribution in [0.4, 0.5) is 0 Å². The molecule has 1 aliphatic carbocycles. The molecule has 0 saturated heterocycles. The number of aryl methyl sites for hydroxylation is 1. The number of nitrogens with zero attached hydrogens (tertiary/aromatic N) is 4. The van der Waals surface area contributed by atoms with Gasteiger partial charge in [-0.05, 0) is 32.4 Å². The number of likely N-dealkylation sites (N-methyl/N-ethyl adjacent to an activating group) is 1. The predicted molar refractivity (Wildman–Crippen MR) is 95.9 cm³/mol. The Morgan fingerprint density at radius 3 is 2.58 bits per heavy atom. The summed E-state index contributed by atoms with van der Waals surface area (Å²) in [5.74, 6) is -0.445. The van der Waals surface area contributed by atoms with E-state index in [2.05, 4.69) is 32.0 Å². The minimum atomic E-state index is -0.671. The molecule has 1 fully saturated rings. The molecule has 26 heavy (non-hydrogen) atoms. The number of aromatic nitrogens is 2. The standard InChI is InChI=1S/C19H26N4O3/c1-13-16(21-26-20-13)12-23(3)19(25)15-9-10-17(18(15)24)22(2)11-14-7-5-4-6-8-14/h4-8,15,17-18,24H,9-12H2,1-3H3/t15-,17-,18+/m1/s1. The SMILES string of the molecule is Cc1nonc1CN(C)C(=O)[C@@H]1CC[C@@H](N(C)Cc2ccccc2)[C@H]1O. The maximum atomic E-state index is 12.8. The molecule has 3 rings (SSSR count). The predicted octanol–water partition coefficient (Wildman–Crippen LogP) is 1.61. The number of hydrogen-bond acceptors (Lipinski definition) is 6. The summed E-state index contributed by atoms with van der Waals surface area (Å²) in [7, 11) is 3.73. The van der Waals surface area contributed by atoms with Gasteiger partial charge in [0.25, 0.3) is 0 Å². The summed E-state index contributed by atoms with van der Waals surface area (Å²) in [6.45, 7) is 2.88. The second kappa shape index (κ2) is 7.97. The molecule has 140 valence electrons. The number of carbonyl (C=O) groups excluding carboxylic acids is 1. The molecule has 1 amide bonds. The van der Waals surface area contributed by atoms with E-state index in [0.29, 0.717) is 24.4 Å². The molecule has 1 aromatic carbocycles. The van der Waals surface area contributed by atoms with Gasteiger partial charge in [-0.1, -0.05) is 40.6 Å². The Balaban J connectivity index is 1.59. The molecule has 1 aromatic heterocycles. The number of aliphatic hydroxyl groups excluding tert-OH is 1. The number of carbonyl (C=O) groups is 1. The molecule has 7 heteroatoms. The van der Waals surface area contributed by atoms with E-state index in [9.17, 15) is 9.90 Å². The Morgan fingerprint density at radius 1 is 1.19 bits per heavy atom. The van der Waals surface area contributed by atoms with E-state index in [0.717, 1.165) is 13.0 Å². The van der Waals surface area contributed by atoms with Crippen LogP contribution in [0.3, 0.4) is 0 Å². The van der Waals surface area contributed by atoms with Crippen LogP contribution in [-0.4, -0.2) is 57.4 Å². The first kappa shape index (κ1) is 18.5. The van der Waals surface area contributed by atoms with E-state index in [-0.39, 0.29) is 17.9 Å². The van der Waals surface area contributed by atoms with Gasteiger partial charge >= 0.3 is 0 Å². The van der Waals surface area contributed by atoms with Gasteiger partial charge < -0.3 is 10.0 Å². The largest absolute Gasteiger partial charge is 0.391 e. The average molecular weight is 358 g/mol. The lowest BCUT2D eigenvalue weighted by Gasteiger charge is -2.29. The van der Waals surface area contributed by atoms with Crippen molar-refractivity contribution in [2.75, 3.05) is 14.1 Å². The Bertz CT molecular complexity index is 733. The molecule has 1 heterocycles. The monoisotopic (exact) mass is 358 g/mol. The fraction of sp³-hybridized carbons (Fsp3) is 0.526. The van der Waals surface area contributed by atoms with Crippen LogP contribution in [0.1, 0.15) is 29.8 Å². The normalized spacial score (nSPS) is 22.7. The quantitative estimate of drug-likeness (QED) is 0.845. The van der Waals surface area contributed by atoms with Gasteiger partial charge in [-0.15, -0.1) is 0 Å². The zero-order chi connectivity index (χ0) is 18.7. The highest BCUT2D eigenvalue weighted by molar-refractivity contribution is 5.79. The third-order valence-corrected chi connectivity index (χ3v) is 5.25. The highest BCUT2D eigenvalue weighted by Gasteiger charge is 2.42. The summed E-state index contributed by atoms with van der Waals surface area (Å²) in [6, 6.07) is 10.1. The van der Waals surface area contributed by atoms with Crippen molar-refractivity contribution < 1.29 is 14.5 Å². The number of aliphatic hydroxyl groups is 1. The molecule has 7 nitrogen and oxygen atoms in total. The highest BCUT2D eigenvalue weighted by atomic mass is 16.6. The van der Waals surface area contributed by atoms with Crippen LogP contribution in [-0.2, 0) is 17.9 Å². The van der Waals surface area contributed by atoms with Gasteiger partial charge in [-0.3, -0.25) is 9.69 Å². The van der Waals surface area contributed by atoms with Crippen LogP contribution < -0.4 is 0 Å². The van der Waals surface area contributed by atoms with E-state index in [4.69, 9.17) is 0 Å². The van der Waals surface area contributed by atoms with E-state index >= 15 is 0 Å². The summed E-state index contributed by atoms with van der Waals surface area (Å²) < 4.78 is 4.68. The van der Waals surface area contributed by atoms with Gasteiger partial charge in [0.05, 0.1) is 18.6 Å². The molecule has 1 aliphatic rings. The van der Waals surface area contributed by atoms with Crippen molar-refractivity contribution in [2.45, 2.75) is 45.0 Å². The molecule has 1 N–H and O–H groups in total. The third kappa shape index (κ3) is 3.94. The van der Waals surface area contributed by atoms with Gasteiger partial charge in [-0.25, -0.2) is 4.63 Å². The van der Waals surface area contributed by atoms with Gasteiger partial charge in [-0.2, -0.15) is 0 Å². The number of rotatable bonds is 6. The number of amides is 1. The maximum Gasteiger partial charge on any atom is 0.228 e. The molecular formula is C19H26N4O3. The van der Waals surface area contributed by atoms with Crippen molar-refractivity contribution >= 4 is 5.91 Å². The number of benzene rings is 1. The second-order valence-corrected chi connectivity index (χ2v) is 7.13. The van der Waals surface area contributed by atoms with E-state index in [1.165, 1.54) is 5.56 Å². The van der Waals surface area contributed by atoms with Crippen LogP contribution in [0.25, 0.3) is 0 Å².